The summed E-state index contributed by atoms with van der Waals surface area (Å²) in [7, 11) is 0. The normalized spacial score (nSPS) is 15.4. The molecule has 0 aliphatic carbocycles. The Labute approximate surface area is 99.8 Å². The van der Waals surface area contributed by atoms with Crippen molar-refractivity contribution in [1.82, 2.24) is 4.90 Å². The zero-order valence-electron chi connectivity index (χ0n) is 11.2. The number of carbonyl (C=O) groups excluding carboxylic acids is 1. The Kier molecular flexibility index (Phi) is 7.60. The Hall–Kier alpha value is -0.410. The monoisotopic (exact) mass is 229 g/mol. The Morgan fingerprint density at radius 3 is 2.44 bits per heavy atom. The molecule has 0 spiro atoms. The number of aliphatic hydroxyl groups excluding tert-OH is 1. The van der Waals surface area contributed by atoms with Crippen LogP contribution in [0.25, 0.3) is 0 Å². The van der Waals surface area contributed by atoms with Crippen molar-refractivity contribution in [2.24, 2.45) is 5.41 Å². The van der Waals surface area contributed by atoms with E-state index in [1.807, 2.05) is 6.92 Å². The second kappa shape index (κ2) is 7.80. The third kappa shape index (κ3) is 5.61. The van der Waals surface area contributed by atoms with Crippen LogP contribution in [0.2, 0.25) is 0 Å². The van der Waals surface area contributed by atoms with E-state index in [4.69, 9.17) is 5.11 Å². The van der Waals surface area contributed by atoms with Gasteiger partial charge in [0.2, 0.25) is 0 Å². The number of hydrogen-bond acceptors (Lipinski definition) is 3. The van der Waals surface area contributed by atoms with E-state index in [9.17, 15) is 4.79 Å². The summed E-state index contributed by atoms with van der Waals surface area (Å²) >= 11 is 0. The van der Waals surface area contributed by atoms with E-state index in [2.05, 4.69) is 25.7 Å². The lowest BCUT2D eigenvalue weighted by Gasteiger charge is -2.34. The molecule has 0 aliphatic rings. The minimum atomic E-state index is -0.242. The molecular weight excluding hydrogens is 202 g/mol. The minimum Gasteiger partial charge on any atom is -0.396 e. The van der Waals surface area contributed by atoms with Gasteiger partial charge in [-0.05, 0) is 26.7 Å². The molecule has 0 aliphatic heterocycles. The Bertz CT molecular complexity index is 194. The van der Waals surface area contributed by atoms with Gasteiger partial charge in [-0.2, -0.15) is 0 Å². The van der Waals surface area contributed by atoms with Gasteiger partial charge in [0.1, 0.15) is 6.29 Å². The van der Waals surface area contributed by atoms with Crippen LogP contribution in [-0.4, -0.2) is 42.0 Å². The molecule has 0 heterocycles. The fourth-order valence-corrected chi connectivity index (χ4v) is 2.00. The number of rotatable bonds is 9. The van der Waals surface area contributed by atoms with Gasteiger partial charge in [0.15, 0.2) is 0 Å². The molecule has 0 fully saturated rings. The van der Waals surface area contributed by atoms with Gasteiger partial charge in [-0.25, -0.2) is 0 Å². The van der Waals surface area contributed by atoms with Crippen LogP contribution in [0.15, 0.2) is 0 Å². The molecule has 0 saturated heterocycles. The Morgan fingerprint density at radius 2 is 2.06 bits per heavy atom. The van der Waals surface area contributed by atoms with E-state index in [0.29, 0.717) is 6.04 Å². The molecule has 1 unspecified atom stereocenters. The molecular formula is C13H27NO2. The van der Waals surface area contributed by atoms with Crippen molar-refractivity contribution in [2.75, 3.05) is 19.7 Å². The lowest BCUT2D eigenvalue weighted by molar-refractivity contribution is -0.117. The van der Waals surface area contributed by atoms with Crippen LogP contribution in [0.5, 0.6) is 0 Å². The molecule has 1 N–H and O–H groups in total. The van der Waals surface area contributed by atoms with Crippen LogP contribution in [0, 0.1) is 5.41 Å². The molecule has 0 radical (unpaired) electrons. The summed E-state index contributed by atoms with van der Waals surface area (Å²) < 4.78 is 0. The first kappa shape index (κ1) is 15.6. The highest BCUT2D eigenvalue weighted by atomic mass is 16.3. The van der Waals surface area contributed by atoms with Gasteiger partial charge in [0.25, 0.3) is 0 Å². The van der Waals surface area contributed by atoms with Crippen LogP contribution in [-0.2, 0) is 4.79 Å². The lowest BCUT2D eigenvalue weighted by atomic mass is 9.86. The molecule has 0 aromatic rings. The average Bonchev–Trinajstić information content (AvgIpc) is 2.24. The van der Waals surface area contributed by atoms with Crippen molar-refractivity contribution in [3.63, 3.8) is 0 Å². The summed E-state index contributed by atoms with van der Waals surface area (Å²) in [4.78, 5) is 13.5. The van der Waals surface area contributed by atoms with E-state index in [1.165, 1.54) is 0 Å². The Morgan fingerprint density at radius 1 is 1.44 bits per heavy atom. The first-order valence-electron chi connectivity index (χ1n) is 6.30. The zero-order valence-corrected chi connectivity index (χ0v) is 11.2. The highest BCUT2D eigenvalue weighted by molar-refractivity contribution is 5.59. The fourth-order valence-electron chi connectivity index (χ4n) is 2.00. The maximum Gasteiger partial charge on any atom is 0.127 e. The third-order valence-corrected chi connectivity index (χ3v) is 3.00. The second-order valence-corrected chi connectivity index (χ2v) is 5.16. The molecule has 16 heavy (non-hydrogen) atoms. The summed E-state index contributed by atoms with van der Waals surface area (Å²) in [6.07, 6.45) is 3.82. The average molecular weight is 229 g/mol. The smallest absolute Gasteiger partial charge is 0.127 e. The summed E-state index contributed by atoms with van der Waals surface area (Å²) in [5, 5.41) is 8.86. The van der Waals surface area contributed by atoms with Gasteiger partial charge in [0, 0.05) is 31.2 Å². The first-order valence-corrected chi connectivity index (χ1v) is 6.30. The quantitative estimate of drug-likeness (QED) is 0.615. The molecule has 0 aromatic heterocycles. The maximum absolute atomic E-state index is 11.2. The van der Waals surface area contributed by atoms with Crippen LogP contribution in [0.3, 0.4) is 0 Å². The van der Waals surface area contributed by atoms with E-state index in [-0.39, 0.29) is 12.0 Å². The summed E-state index contributed by atoms with van der Waals surface area (Å²) in [5.74, 6) is 0. The first-order chi connectivity index (χ1) is 7.49. The fraction of sp³-hybridized carbons (Fsp3) is 0.923. The summed E-state index contributed by atoms with van der Waals surface area (Å²) in [6.45, 7) is 10.3. The molecule has 96 valence electrons. The molecule has 0 amide bonds. The lowest BCUT2D eigenvalue weighted by Crippen LogP contribution is -2.41. The van der Waals surface area contributed by atoms with Gasteiger partial charge in [-0.3, -0.25) is 4.90 Å². The van der Waals surface area contributed by atoms with E-state index in [1.54, 1.807) is 0 Å². The molecule has 3 nitrogen and oxygen atoms in total. The molecule has 0 saturated carbocycles. The standard InChI is InChI=1S/C13H27NO2/c1-5-7-13(4,11-16)10-14(12(2)3)8-6-9-15/h11-12,15H,5-10H2,1-4H3. The molecule has 1 atom stereocenters. The topological polar surface area (TPSA) is 40.5 Å². The SMILES string of the molecule is CCCC(C)(C=O)CN(CCCO)C(C)C. The molecule has 0 bridgehead atoms. The van der Waals surface area contributed by atoms with Crippen molar-refractivity contribution in [2.45, 2.75) is 53.0 Å². The van der Waals surface area contributed by atoms with Crippen LogP contribution in [0.4, 0.5) is 0 Å². The van der Waals surface area contributed by atoms with E-state index in [0.717, 1.165) is 38.6 Å². The van der Waals surface area contributed by atoms with Crippen molar-refractivity contribution in [3.8, 4) is 0 Å². The molecule has 0 aromatic carbocycles. The van der Waals surface area contributed by atoms with Crippen molar-refractivity contribution in [1.29, 1.82) is 0 Å². The predicted molar refractivity (Wildman–Crippen MR) is 67.5 cm³/mol. The number of hydrogen-bond donors (Lipinski definition) is 1. The van der Waals surface area contributed by atoms with Crippen molar-refractivity contribution < 1.29 is 9.90 Å². The van der Waals surface area contributed by atoms with E-state index >= 15 is 0 Å². The van der Waals surface area contributed by atoms with Crippen molar-refractivity contribution in [3.05, 3.63) is 0 Å². The molecule has 0 rings (SSSR count). The predicted octanol–water partition coefficient (Wildman–Crippen LogP) is 2.08. The van der Waals surface area contributed by atoms with Gasteiger partial charge in [0.05, 0.1) is 0 Å². The van der Waals surface area contributed by atoms with Crippen molar-refractivity contribution >= 4 is 6.29 Å². The largest absolute Gasteiger partial charge is 0.396 e. The van der Waals surface area contributed by atoms with Gasteiger partial charge < -0.3 is 9.90 Å². The number of aliphatic hydroxyl groups is 1. The zero-order chi connectivity index (χ0) is 12.6. The number of carbonyl (C=O) groups is 1. The number of nitrogens with zero attached hydrogens (tertiary/aromatic N) is 1. The van der Waals surface area contributed by atoms with Crippen LogP contribution < -0.4 is 0 Å². The van der Waals surface area contributed by atoms with E-state index < -0.39 is 0 Å². The second-order valence-electron chi connectivity index (χ2n) is 5.16. The van der Waals surface area contributed by atoms with Crippen LogP contribution >= 0.6 is 0 Å². The third-order valence-electron chi connectivity index (χ3n) is 3.00. The van der Waals surface area contributed by atoms with Gasteiger partial charge in [-0.1, -0.05) is 20.3 Å². The van der Waals surface area contributed by atoms with Gasteiger partial charge in [-0.15, -0.1) is 0 Å². The summed E-state index contributed by atoms with van der Waals surface area (Å²) in [6, 6.07) is 0.419. The number of aldehydes is 1. The van der Waals surface area contributed by atoms with Crippen LogP contribution in [0.1, 0.15) is 47.0 Å². The van der Waals surface area contributed by atoms with Gasteiger partial charge >= 0.3 is 0 Å². The minimum absolute atomic E-state index is 0.217. The highest BCUT2D eigenvalue weighted by Crippen LogP contribution is 2.23. The Balaban J connectivity index is 4.39. The highest BCUT2D eigenvalue weighted by Gasteiger charge is 2.26. The molecule has 3 heteroatoms. The maximum atomic E-state index is 11.2. The summed E-state index contributed by atoms with van der Waals surface area (Å²) in [5.41, 5.74) is -0.242.